The summed E-state index contributed by atoms with van der Waals surface area (Å²) in [5, 5.41) is 17.5. The van der Waals surface area contributed by atoms with Gasteiger partial charge in [-0.2, -0.15) is 0 Å². The number of carbonyl (C=O) groups excluding carboxylic acids is 1. The molecule has 18 heavy (non-hydrogen) atoms. The molecule has 102 valence electrons. The third-order valence-electron chi connectivity index (χ3n) is 2.51. The van der Waals surface area contributed by atoms with Gasteiger partial charge in [0.15, 0.2) is 0 Å². The molecule has 0 heterocycles. The van der Waals surface area contributed by atoms with Crippen molar-refractivity contribution in [1.29, 1.82) is 0 Å². The van der Waals surface area contributed by atoms with Crippen LogP contribution in [0.3, 0.4) is 0 Å². The van der Waals surface area contributed by atoms with Crippen molar-refractivity contribution in [3.8, 4) is 0 Å². The van der Waals surface area contributed by atoms with Crippen LogP contribution in [0.15, 0.2) is 12.7 Å². The predicted octanol–water partition coefficient (Wildman–Crippen LogP) is 1.45. The summed E-state index contributed by atoms with van der Waals surface area (Å²) < 4.78 is 4.97. The highest BCUT2D eigenvalue weighted by molar-refractivity contribution is 5.81. The van der Waals surface area contributed by atoms with Crippen molar-refractivity contribution < 1.29 is 29.3 Å². The lowest BCUT2D eigenvalue weighted by Crippen LogP contribution is -2.25. The van der Waals surface area contributed by atoms with Gasteiger partial charge in [-0.1, -0.05) is 13.5 Å². The molecule has 0 saturated carbocycles. The second-order valence-electron chi connectivity index (χ2n) is 3.87. The summed E-state index contributed by atoms with van der Waals surface area (Å²) in [5.41, 5.74) is 0. The Kier molecular flexibility index (Phi) is 7.42. The summed E-state index contributed by atoms with van der Waals surface area (Å²) in [7, 11) is 0. The molecule has 0 aliphatic carbocycles. The number of ether oxygens (including phenoxy) is 1. The van der Waals surface area contributed by atoms with E-state index in [1.165, 1.54) is 0 Å². The van der Waals surface area contributed by atoms with Crippen molar-refractivity contribution >= 4 is 17.9 Å². The summed E-state index contributed by atoms with van der Waals surface area (Å²) >= 11 is 0. The van der Waals surface area contributed by atoms with Crippen LogP contribution in [0, 0.1) is 5.92 Å². The van der Waals surface area contributed by atoms with E-state index in [1.54, 1.807) is 6.92 Å². The summed E-state index contributed by atoms with van der Waals surface area (Å²) in [6, 6.07) is 0. The smallest absolute Gasteiger partial charge is 0.330 e. The minimum absolute atomic E-state index is 0.0206. The maximum Gasteiger partial charge on any atom is 0.330 e. The second-order valence-corrected chi connectivity index (χ2v) is 3.87. The van der Waals surface area contributed by atoms with Crippen LogP contribution >= 0.6 is 0 Å². The van der Waals surface area contributed by atoms with Crippen molar-refractivity contribution in [2.45, 2.75) is 38.7 Å². The summed E-state index contributed by atoms with van der Waals surface area (Å²) in [5.74, 6) is -3.56. The number of hydrogen-bond donors (Lipinski definition) is 2. The molecule has 0 bridgehead atoms. The van der Waals surface area contributed by atoms with E-state index < -0.39 is 29.9 Å². The zero-order valence-electron chi connectivity index (χ0n) is 10.3. The van der Waals surface area contributed by atoms with E-state index in [-0.39, 0.29) is 19.3 Å². The third-order valence-corrected chi connectivity index (χ3v) is 2.51. The molecule has 2 atom stereocenters. The first kappa shape index (κ1) is 16.1. The molecule has 0 spiro atoms. The first-order valence-corrected chi connectivity index (χ1v) is 5.68. The standard InChI is InChI=1S/C12H18O6/c1-3-9(18-11(15)4-2)7-8(12(16)17)5-6-10(13)14/h4,8-9H,2-3,5-7H2,1H3,(H,13,14)(H,16,17). The van der Waals surface area contributed by atoms with Crippen LogP contribution in [-0.4, -0.2) is 34.2 Å². The van der Waals surface area contributed by atoms with Crippen LogP contribution in [0.1, 0.15) is 32.6 Å². The molecule has 0 amide bonds. The molecule has 0 fully saturated rings. The molecule has 0 radical (unpaired) electrons. The number of aliphatic carboxylic acids is 2. The van der Waals surface area contributed by atoms with E-state index in [0.29, 0.717) is 6.42 Å². The van der Waals surface area contributed by atoms with E-state index in [1.807, 2.05) is 0 Å². The first-order valence-electron chi connectivity index (χ1n) is 5.68. The molecule has 2 N–H and O–H groups in total. The number of carbonyl (C=O) groups is 3. The Morgan fingerprint density at radius 1 is 1.33 bits per heavy atom. The zero-order valence-corrected chi connectivity index (χ0v) is 10.3. The molecule has 0 saturated heterocycles. The molecule has 0 aliphatic heterocycles. The average molecular weight is 258 g/mol. The van der Waals surface area contributed by atoms with Crippen LogP contribution in [-0.2, 0) is 19.1 Å². The summed E-state index contributed by atoms with van der Waals surface area (Å²) in [4.78, 5) is 32.4. The molecule has 6 heteroatoms. The van der Waals surface area contributed by atoms with Gasteiger partial charge in [-0.15, -0.1) is 0 Å². The fourth-order valence-corrected chi connectivity index (χ4v) is 1.47. The second kappa shape index (κ2) is 8.27. The van der Waals surface area contributed by atoms with E-state index in [9.17, 15) is 14.4 Å². The highest BCUT2D eigenvalue weighted by atomic mass is 16.5. The number of carboxylic acid groups (broad SMARTS) is 2. The Balaban J connectivity index is 4.43. The topological polar surface area (TPSA) is 101 Å². The summed E-state index contributed by atoms with van der Waals surface area (Å²) in [6.45, 7) is 5.01. The van der Waals surface area contributed by atoms with E-state index in [4.69, 9.17) is 14.9 Å². The highest BCUT2D eigenvalue weighted by Crippen LogP contribution is 2.18. The Hall–Kier alpha value is -1.85. The van der Waals surface area contributed by atoms with Crippen LogP contribution in [0.2, 0.25) is 0 Å². The molecule has 0 aromatic carbocycles. The van der Waals surface area contributed by atoms with Gasteiger partial charge >= 0.3 is 17.9 Å². The van der Waals surface area contributed by atoms with Crippen LogP contribution in [0.4, 0.5) is 0 Å². The van der Waals surface area contributed by atoms with Crippen LogP contribution in [0.25, 0.3) is 0 Å². The van der Waals surface area contributed by atoms with Gasteiger partial charge in [0, 0.05) is 12.5 Å². The average Bonchev–Trinajstić information content (AvgIpc) is 2.31. The lowest BCUT2D eigenvalue weighted by molar-refractivity contribution is -0.150. The summed E-state index contributed by atoms with van der Waals surface area (Å²) in [6.07, 6.45) is 0.853. The Bertz CT molecular complexity index is 323. The Morgan fingerprint density at radius 3 is 2.33 bits per heavy atom. The lowest BCUT2D eigenvalue weighted by atomic mass is 9.95. The fraction of sp³-hybridized carbons (Fsp3) is 0.583. The van der Waals surface area contributed by atoms with E-state index in [2.05, 4.69) is 6.58 Å². The van der Waals surface area contributed by atoms with E-state index in [0.717, 1.165) is 6.08 Å². The van der Waals surface area contributed by atoms with Crippen molar-refractivity contribution in [3.05, 3.63) is 12.7 Å². The number of hydrogen-bond acceptors (Lipinski definition) is 4. The lowest BCUT2D eigenvalue weighted by Gasteiger charge is -2.19. The molecule has 6 nitrogen and oxygen atoms in total. The van der Waals surface area contributed by atoms with E-state index >= 15 is 0 Å². The van der Waals surface area contributed by atoms with Gasteiger partial charge in [0.05, 0.1) is 5.92 Å². The van der Waals surface area contributed by atoms with Crippen LogP contribution < -0.4 is 0 Å². The van der Waals surface area contributed by atoms with Crippen molar-refractivity contribution in [3.63, 3.8) is 0 Å². The molecule has 2 unspecified atom stereocenters. The minimum atomic E-state index is -1.08. The molecule has 0 aromatic rings. The highest BCUT2D eigenvalue weighted by Gasteiger charge is 2.24. The van der Waals surface area contributed by atoms with Crippen molar-refractivity contribution in [2.75, 3.05) is 0 Å². The van der Waals surface area contributed by atoms with Gasteiger partial charge in [-0.05, 0) is 19.3 Å². The van der Waals surface area contributed by atoms with Gasteiger partial charge in [0.25, 0.3) is 0 Å². The quantitative estimate of drug-likeness (QED) is 0.479. The van der Waals surface area contributed by atoms with Gasteiger partial charge in [-0.25, -0.2) is 4.79 Å². The maximum absolute atomic E-state index is 11.0. The predicted molar refractivity (Wildman–Crippen MR) is 63.0 cm³/mol. The molecule has 0 rings (SSSR count). The zero-order chi connectivity index (χ0) is 14.1. The minimum Gasteiger partial charge on any atom is -0.481 e. The van der Waals surface area contributed by atoms with Gasteiger partial charge < -0.3 is 14.9 Å². The SMILES string of the molecule is C=CC(=O)OC(CC)CC(CCC(=O)O)C(=O)O. The Morgan fingerprint density at radius 2 is 1.94 bits per heavy atom. The fourth-order valence-electron chi connectivity index (χ4n) is 1.47. The third kappa shape index (κ3) is 6.67. The molecular formula is C12H18O6. The van der Waals surface area contributed by atoms with Crippen molar-refractivity contribution in [2.24, 2.45) is 5.92 Å². The normalized spacial score (nSPS) is 13.4. The van der Waals surface area contributed by atoms with Gasteiger partial charge in [0.1, 0.15) is 6.10 Å². The van der Waals surface area contributed by atoms with Crippen molar-refractivity contribution in [1.82, 2.24) is 0 Å². The molecule has 0 aromatic heterocycles. The molecule has 0 aliphatic rings. The Labute approximate surface area is 105 Å². The largest absolute Gasteiger partial charge is 0.481 e. The molecular weight excluding hydrogens is 240 g/mol. The first-order chi connectivity index (χ1) is 8.40. The number of esters is 1. The van der Waals surface area contributed by atoms with Gasteiger partial charge in [-0.3, -0.25) is 9.59 Å². The van der Waals surface area contributed by atoms with Crippen LogP contribution in [0.5, 0.6) is 0 Å². The number of carboxylic acids is 2. The maximum atomic E-state index is 11.0. The van der Waals surface area contributed by atoms with Gasteiger partial charge in [0.2, 0.25) is 0 Å². The monoisotopic (exact) mass is 258 g/mol. The number of rotatable bonds is 9.